The summed E-state index contributed by atoms with van der Waals surface area (Å²) >= 11 is 0. The topological polar surface area (TPSA) is 144 Å². The molecule has 42 heavy (non-hydrogen) atoms. The molecule has 11 nitrogen and oxygen atoms in total. The summed E-state index contributed by atoms with van der Waals surface area (Å²) in [6.45, 7) is 2.28. The Morgan fingerprint density at radius 1 is 1.10 bits per heavy atom. The van der Waals surface area contributed by atoms with Gasteiger partial charge in [0, 0.05) is 55.0 Å². The van der Waals surface area contributed by atoms with Crippen molar-refractivity contribution in [3.8, 4) is 11.5 Å². The van der Waals surface area contributed by atoms with Gasteiger partial charge in [0.1, 0.15) is 11.5 Å². The second-order valence-corrected chi connectivity index (χ2v) is 11.0. The van der Waals surface area contributed by atoms with E-state index in [2.05, 4.69) is 9.88 Å². The molecule has 0 radical (unpaired) electrons. The Morgan fingerprint density at radius 3 is 2.71 bits per heavy atom. The molecule has 0 saturated carbocycles. The SMILES string of the molecule is COC(=O)C[C@@H](c1oc(CN2C[C@@H]3C[C@H](C2)c2cccc(=O)n2C3)cc(=O)c1O)c1cc2ccc(OC)cc2[nH]c1=O. The first-order valence-corrected chi connectivity index (χ1v) is 13.8. The van der Waals surface area contributed by atoms with Crippen LogP contribution < -0.4 is 21.3 Å². The second-order valence-electron chi connectivity index (χ2n) is 11.0. The molecule has 0 spiro atoms. The quantitative estimate of drug-likeness (QED) is 0.319. The number of likely N-dealkylation sites (tertiary alicyclic amines) is 1. The van der Waals surface area contributed by atoms with Crippen LogP contribution in [-0.4, -0.2) is 52.8 Å². The summed E-state index contributed by atoms with van der Waals surface area (Å²) < 4.78 is 18.1. The first-order valence-electron chi connectivity index (χ1n) is 13.8. The summed E-state index contributed by atoms with van der Waals surface area (Å²) in [5.41, 5.74) is 0.501. The molecular weight excluding hydrogens is 542 g/mol. The van der Waals surface area contributed by atoms with Crippen LogP contribution >= 0.6 is 0 Å². The minimum atomic E-state index is -1.08. The molecule has 6 rings (SSSR count). The number of carbonyl (C=O) groups excluding carboxylic acids is 1. The van der Waals surface area contributed by atoms with E-state index >= 15 is 0 Å². The van der Waals surface area contributed by atoms with E-state index in [0.29, 0.717) is 42.0 Å². The fourth-order valence-corrected chi connectivity index (χ4v) is 6.39. The van der Waals surface area contributed by atoms with Crippen LogP contribution in [0.15, 0.2) is 67.3 Å². The highest BCUT2D eigenvalue weighted by Gasteiger charge is 2.35. The van der Waals surface area contributed by atoms with Gasteiger partial charge in [-0.25, -0.2) is 0 Å². The minimum Gasteiger partial charge on any atom is -0.502 e. The van der Waals surface area contributed by atoms with E-state index in [9.17, 15) is 24.3 Å². The number of esters is 1. The number of nitrogens with zero attached hydrogens (tertiary/aromatic N) is 2. The van der Waals surface area contributed by atoms with Crippen molar-refractivity contribution < 1.29 is 23.8 Å². The Balaban J connectivity index is 1.36. The highest BCUT2D eigenvalue weighted by Crippen LogP contribution is 2.37. The molecule has 218 valence electrons. The van der Waals surface area contributed by atoms with E-state index in [1.807, 2.05) is 10.6 Å². The standard InChI is InChI=1S/C31H31N3O8/c1-40-20-7-6-18-9-23(31(39)32-24(18)10-20)22(12-28(37)41-2)30-29(38)26(35)11-21(42-30)16-33-13-17-8-19(15-33)25-4-3-5-27(36)34(25)14-17/h3-7,9-11,17,19,22,38H,8,12-16H2,1-2H3,(H,32,39)/t17-,19+,22+/m0/s1. The number of benzene rings is 1. The number of ether oxygens (including phenoxy) is 2. The van der Waals surface area contributed by atoms with Crippen LogP contribution in [0.5, 0.6) is 11.5 Å². The fraction of sp³-hybridized carbons (Fsp3) is 0.355. The number of nitrogens with one attached hydrogen (secondary N) is 1. The van der Waals surface area contributed by atoms with Crippen LogP contribution in [0.4, 0.5) is 0 Å². The maximum atomic E-state index is 13.3. The molecule has 3 aromatic heterocycles. The molecule has 0 aliphatic carbocycles. The molecule has 3 atom stereocenters. The molecule has 2 N–H and O–H groups in total. The number of rotatable bonds is 7. The van der Waals surface area contributed by atoms with E-state index in [1.165, 1.54) is 20.3 Å². The zero-order valence-corrected chi connectivity index (χ0v) is 23.3. The summed E-state index contributed by atoms with van der Waals surface area (Å²) in [6, 6.07) is 13.4. The maximum Gasteiger partial charge on any atom is 0.306 e. The van der Waals surface area contributed by atoms with Crippen molar-refractivity contribution in [2.75, 3.05) is 27.3 Å². The summed E-state index contributed by atoms with van der Waals surface area (Å²) in [7, 11) is 2.75. The van der Waals surface area contributed by atoms with Crippen LogP contribution in [-0.2, 0) is 22.6 Å². The molecule has 11 heteroatoms. The number of H-pyrrole nitrogens is 1. The number of piperidine rings is 1. The zero-order chi connectivity index (χ0) is 29.5. The van der Waals surface area contributed by atoms with Gasteiger partial charge in [-0.05, 0) is 42.0 Å². The lowest BCUT2D eigenvalue weighted by molar-refractivity contribution is -0.140. The molecule has 0 amide bonds. The molecule has 1 fully saturated rings. The minimum absolute atomic E-state index is 0.00397. The second kappa shape index (κ2) is 11.0. The molecular formula is C31H31N3O8. The lowest BCUT2D eigenvalue weighted by Crippen LogP contribution is -2.46. The molecule has 4 aromatic rings. The van der Waals surface area contributed by atoms with Crippen molar-refractivity contribution in [3.05, 3.63) is 102 Å². The van der Waals surface area contributed by atoms with Crippen LogP contribution in [0.1, 0.15) is 47.5 Å². The Morgan fingerprint density at radius 2 is 1.93 bits per heavy atom. The van der Waals surface area contributed by atoms with E-state index in [1.54, 1.807) is 36.4 Å². The maximum absolute atomic E-state index is 13.3. The lowest BCUT2D eigenvalue weighted by Gasteiger charge is -2.42. The molecule has 1 aromatic carbocycles. The summed E-state index contributed by atoms with van der Waals surface area (Å²) in [5.74, 6) is -1.26. The Kier molecular flexibility index (Phi) is 7.19. The van der Waals surface area contributed by atoms with Gasteiger partial charge in [0.15, 0.2) is 5.76 Å². The Hall–Kier alpha value is -4.64. The van der Waals surface area contributed by atoms with Gasteiger partial charge in [0.05, 0.1) is 38.6 Å². The molecule has 5 heterocycles. The van der Waals surface area contributed by atoms with Gasteiger partial charge >= 0.3 is 5.97 Å². The monoisotopic (exact) mass is 573 g/mol. The van der Waals surface area contributed by atoms with Crippen LogP contribution in [0, 0.1) is 5.92 Å². The van der Waals surface area contributed by atoms with Gasteiger partial charge < -0.3 is 28.5 Å². The van der Waals surface area contributed by atoms with E-state index in [0.717, 1.165) is 12.1 Å². The summed E-state index contributed by atoms with van der Waals surface area (Å²) in [5, 5.41) is 11.5. The largest absolute Gasteiger partial charge is 0.502 e. The predicted molar refractivity (Wildman–Crippen MR) is 153 cm³/mol. The summed E-state index contributed by atoms with van der Waals surface area (Å²) in [4.78, 5) is 56.1. The van der Waals surface area contributed by atoms with Crippen molar-refractivity contribution in [2.24, 2.45) is 5.92 Å². The number of aromatic nitrogens is 2. The van der Waals surface area contributed by atoms with Crippen molar-refractivity contribution >= 4 is 16.9 Å². The zero-order valence-electron chi connectivity index (χ0n) is 23.3. The molecule has 1 saturated heterocycles. The van der Waals surface area contributed by atoms with Crippen molar-refractivity contribution in [3.63, 3.8) is 0 Å². The van der Waals surface area contributed by atoms with Gasteiger partial charge in [0.25, 0.3) is 11.1 Å². The van der Waals surface area contributed by atoms with Crippen LogP contribution in [0.3, 0.4) is 0 Å². The number of methoxy groups -OCH3 is 2. The van der Waals surface area contributed by atoms with Crippen LogP contribution in [0.25, 0.3) is 10.9 Å². The van der Waals surface area contributed by atoms with E-state index in [4.69, 9.17) is 13.9 Å². The third-order valence-electron chi connectivity index (χ3n) is 8.31. The van der Waals surface area contributed by atoms with E-state index < -0.39 is 28.6 Å². The van der Waals surface area contributed by atoms with Gasteiger partial charge in [-0.3, -0.25) is 24.1 Å². The first-order chi connectivity index (χ1) is 20.2. The Bertz CT molecular complexity index is 1860. The number of hydrogen-bond acceptors (Lipinski definition) is 9. The van der Waals surface area contributed by atoms with Gasteiger partial charge in [-0.15, -0.1) is 0 Å². The highest BCUT2D eigenvalue weighted by atomic mass is 16.5. The highest BCUT2D eigenvalue weighted by molar-refractivity contribution is 5.81. The molecule has 2 aliphatic rings. The Labute approximate surface area is 239 Å². The van der Waals surface area contributed by atoms with Crippen molar-refractivity contribution in [1.82, 2.24) is 14.5 Å². The molecule has 0 unspecified atom stereocenters. The average molecular weight is 574 g/mol. The number of fused-ring (bicyclic) bond motifs is 5. The number of carbonyl (C=O) groups is 1. The van der Waals surface area contributed by atoms with Gasteiger partial charge in [-0.1, -0.05) is 6.07 Å². The van der Waals surface area contributed by atoms with Crippen LogP contribution in [0.2, 0.25) is 0 Å². The van der Waals surface area contributed by atoms with E-state index in [-0.39, 0.29) is 41.7 Å². The normalized spacial score (nSPS) is 18.8. The summed E-state index contributed by atoms with van der Waals surface area (Å²) in [6.07, 6.45) is 0.642. The lowest BCUT2D eigenvalue weighted by atomic mass is 9.83. The average Bonchev–Trinajstić information content (AvgIpc) is 2.97. The number of aromatic amines is 1. The van der Waals surface area contributed by atoms with Crippen molar-refractivity contribution in [1.29, 1.82) is 0 Å². The van der Waals surface area contributed by atoms with Crippen molar-refractivity contribution in [2.45, 2.75) is 37.8 Å². The third-order valence-corrected chi connectivity index (χ3v) is 8.31. The molecule has 2 aliphatic heterocycles. The third kappa shape index (κ3) is 5.11. The number of pyridine rings is 2. The van der Waals surface area contributed by atoms with Gasteiger partial charge in [0.2, 0.25) is 11.2 Å². The first kappa shape index (κ1) is 27.5. The smallest absolute Gasteiger partial charge is 0.306 e. The number of hydrogen-bond donors (Lipinski definition) is 2. The predicted octanol–water partition coefficient (Wildman–Crippen LogP) is 2.67. The fourth-order valence-electron chi connectivity index (χ4n) is 6.39. The number of aromatic hydroxyl groups is 1. The van der Waals surface area contributed by atoms with Gasteiger partial charge in [-0.2, -0.15) is 0 Å². The molecule has 2 bridgehead atoms.